The highest BCUT2D eigenvalue weighted by atomic mass is 32.1. The molecule has 6 rings (SSSR count). The molecule has 3 N–H and O–H groups in total. The van der Waals surface area contributed by atoms with Gasteiger partial charge in [0, 0.05) is 49.2 Å². The number of benzene rings is 1. The smallest absolute Gasteiger partial charge is 0.252 e. The van der Waals surface area contributed by atoms with E-state index in [4.69, 9.17) is 15.5 Å². The lowest BCUT2D eigenvalue weighted by molar-refractivity contribution is -0.143. The average Bonchev–Trinajstić information content (AvgIpc) is 3.67. The lowest BCUT2D eigenvalue weighted by Crippen LogP contribution is -2.62. The van der Waals surface area contributed by atoms with E-state index in [1.807, 2.05) is 12.1 Å². The van der Waals surface area contributed by atoms with Crippen molar-refractivity contribution in [3.8, 4) is 11.3 Å². The molecular formula is C28H36N6O4S. The van der Waals surface area contributed by atoms with Gasteiger partial charge < -0.3 is 30.5 Å². The fourth-order valence-corrected chi connectivity index (χ4v) is 7.23. The van der Waals surface area contributed by atoms with Gasteiger partial charge in [-0.25, -0.2) is 4.98 Å². The van der Waals surface area contributed by atoms with Crippen molar-refractivity contribution in [2.24, 2.45) is 5.73 Å². The van der Waals surface area contributed by atoms with Crippen LogP contribution in [0.25, 0.3) is 11.3 Å². The number of likely N-dealkylation sites (N-methyl/N-ethyl adjacent to an activating group) is 1. The Morgan fingerprint density at radius 1 is 1.10 bits per heavy atom. The predicted octanol–water partition coefficient (Wildman–Crippen LogP) is 1.50. The number of aromatic nitrogens is 1. The van der Waals surface area contributed by atoms with Gasteiger partial charge in [-0.3, -0.25) is 14.4 Å². The van der Waals surface area contributed by atoms with Crippen molar-refractivity contribution in [2.45, 2.75) is 55.8 Å². The van der Waals surface area contributed by atoms with Gasteiger partial charge in [0.2, 0.25) is 5.91 Å². The van der Waals surface area contributed by atoms with E-state index in [1.165, 1.54) is 0 Å². The summed E-state index contributed by atoms with van der Waals surface area (Å²) in [6.07, 6.45) is 3.30. The number of fused-ring (bicyclic) bond motifs is 1. The van der Waals surface area contributed by atoms with Crippen molar-refractivity contribution in [3.63, 3.8) is 0 Å². The molecule has 1 aliphatic carbocycles. The van der Waals surface area contributed by atoms with E-state index in [0.29, 0.717) is 18.4 Å². The van der Waals surface area contributed by atoms with Gasteiger partial charge in [0.05, 0.1) is 11.7 Å². The van der Waals surface area contributed by atoms with E-state index >= 15 is 0 Å². The molecule has 0 radical (unpaired) electrons. The summed E-state index contributed by atoms with van der Waals surface area (Å²) < 4.78 is 5.58. The fraction of sp³-hybridized carbons (Fsp3) is 0.571. The highest BCUT2D eigenvalue weighted by Gasteiger charge is 2.55. The average molecular weight is 553 g/mol. The van der Waals surface area contributed by atoms with Gasteiger partial charge in [-0.2, -0.15) is 0 Å². The maximum atomic E-state index is 13.9. The molecule has 2 amide bonds. The van der Waals surface area contributed by atoms with E-state index in [1.54, 1.807) is 28.4 Å². The molecule has 10 nitrogen and oxygen atoms in total. The second-order valence-electron chi connectivity index (χ2n) is 11.3. The van der Waals surface area contributed by atoms with Gasteiger partial charge in [-0.15, -0.1) is 11.3 Å². The summed E-state index contributed by atoms with van der Waals surface area (Å²) in [5, 5.41) is 6.17. The Bertz CT molecular complexity index is 1230. The first-order valence-corrected chi connectivity index (χ1v) is 14.8. The van der Waals surface area contributed by atoms with Gasteiger partial charge >= 0.3 is 0 Å². The Morgan fingerprint density at radius 2 is 1.82 bits per heavy atom. The first kappa shape index (κ1) is 26.4. The Kier molecular flexibility index (Phi) is 7.17. The third kappa shape index (κ3) is 4.97. The minimum atomic E-state index is -1.04. The summed E-state index contributed by atoms with van der Waals surface area (Å²) in [4.78, 5) is 51.0. The maximum absolute atomic E-state index is 13.9. The summed E-state index contributed by atoms with van der Waals surface area (Å²) in [6, 6.07) is 6.33. The number of carbonyl (C=O) groups is 3. The van der Waals surface area contributed by atoms with Crippen molar-refractivity contribution >= 4 is 34.1 Å². The van der Waals surface area contributed by atoms with Crippen LogP contribution in [0.1, 0.15) is 42.5 Å². The van der Waals surface area contributed by atoms with Gasteiger partial charge in [-0.1, -0.05) is 31.4 Å². The molecule has 1 aromatic carbocycles. The molecule has 4 heterocycles. The van der Waals surface area contributed by atoms with E-state index in [2.05, 4.69) is 27.5 Å². The van der Waals surface area contributed by atoms with Crippen LogP contribution in [0.2, 0.25) is 0 Å². The zero-order valence-corrected chi connectivity index (χ0v) is 23.1. The number of hydrogen-bond acceptors (Lipinski definition) is 9. The van der Waals surface area contributed by atoms with E-state index in [-0.39, 0.29) is 30.7 Å². The minimum absolute atomic E-state index is 0.0195. The number of anilines is 1. The number of hydrogen-bond donors (Lipinski definition) is 2. The Hall–Kier alpha value is -2.86. The zero-order valence-electron chi connectivity index (χ0n) is 22.3. The molecule has 0 spiro atoms. The van der Waals surface area contributed by atoms with Crippen LogP contribution in [0.4, 0.5) is 5.13 Å². The number of amides is 2. The third-order valence-corrected chi connectivity index (χ3v) is 9.56. The molecule has 208 valence electrons. The molecule has 4 aliphatic rings. The molecule has 2 aromatic rings. The number of rotatable bonds is 5. The molecular weight excluding hydrogens is 516 g/mol. The van der Waals surface area contributed by atoms with Crippen molar-refractivity contribution in [3.05, 3.63) is 35.2 Å². The van der Waals surface area contributed by atoms with E-state index in [9.17, 15) is 14.4 Å². The molecule has 3 aliphatic heterocycles. The summed E-state index contributed by atoms with van der Waals surface area (Å²) in [6.45, 7) is 4.23. The molecule has 0 bridgehead atoms. The molecule has 1 saturated carbocycles. The SMILES string of the molecule is CN1CCN(c2nc(-c3ccc(C(=O)NC4(C(=O)N5C[C@@H](N)[C@H]6OCC(=O)[C@H]65)CCCCC4)cc3)cs2)CC1. The second-order valence-corrected chi connectivity index (χ2v) is 12.1. The number of ketones is 1. The summed E-state index contributed by atoms with van der Waals surface area (Å²) in [7, 11) is 2.14. The van der Waals surface area contributed by atoms with Gasteiger partial charge in [0.25, 0.3) is 5.91 Å². The van der Waals surface area contributed by atoms with Crippen molar-refractivity contribution in [1.82, 2.24) is 20.1 Å². The molecule has 3 atom stereocenters. The fourth-order valence-electron chi connectivity index (χ4n) is 6.35. The number of thiazole rings is 1. The first-order chi connectivity index (χ1) is 18.8. The zero-order chi connectivity index (χ0) is 27.1. The van der Waals surface area contributed by atoms with Crippen LogP contribution < -0.4 is 16.0 Å². The quantitative estimate of drug-likeness (QED) is 0.573. The molecule has 11 heteroatoms. The van der Waals surface area contributed by atoms with Crippen molar-refractivity contribution in [1.29, 1.82) is 0 Å². The van der Waals surface area contributed by atoms with Crippen LogP contribution in [0.5, 0.6) is 0 Å². The Labute approximate surface area is 232 Å². The number of likely N-dealkylation sites (tertiary alicyclic amines) is 1. The van der Waals surface area contributed by atoms with Crippen LogP contribution in [0.3, 0.4) is 0 Å². The Balaban J connectivity index is 1.17. The van der Waals surface area contributed by atoms with Gasteiger partial charge in [-0.05, 0) is 32.0 Å². The molecule has 3 saturated heterocycles. The number of piperazine rings is 1. The molecule has 1 aromatic heterocycles. The van der Waals surface area contributed by atoms with Crippen LogP contribution in [-0.4, -0.2) is 102 Å². The number of nitrogens with two attached hydrogens (primary N) is 1. The van der Waals surface area contributed by atoms with Gasteiger partial charge in [0.15, 0.2) is 10.9 Å². The lowest BCUT2D eigenvalue weighted by atomic mass is 9.80. The van der Waals surface area contributed by atoms with Crippen LogP contribution in [0.15, 0.2) is 29.6 Å². The number of Topliss-reactive ketones (excluding diaryl/α,β-unsaturated/α-hetero) is 1. The largest absolute Gasteiger partial charge is 0.366 e. The van der Waals surface area contributed by atoms with Crippen molar-refractivity contribution < 1.29 is 19.1 Å². The number of nitrogens with one attached hydrogen (secondary N) is 1. The summed E-state index contributed by atoms with van der Waals surface area (Å²) in [5.41, 5.74) is 7.50. The molecule has 0 unspecified atom stereocenters. The Morgan fingerprint density at radius 3 is 2.54 bits per heavy atom. The number of carbonyl (C=O) groups excluding carboxylic acids is 3. The molecule has 39 heavy (non-hydrogen) atoms. The maximum Gasteiger partial charge on any atom is 0.252 e. The highest BCUT2D eigenvalue weighted by Crippen LogP contribution is 2.35. The highest BCUT2D eigenvalue weighted by molar-refractivity contribution is 7.14. The van der Waals surface area contributed by atoms with E-state index in [0.717, 1.165) is 61.8 Å². The lowest BCUT2D eigenvalue weighted by Gasteiger charge is -2.40. The normalized spacial score (nSPS) is 27.0. The second kappa shape index (κ2) is 10.6. The topological polar surface area (TPSA) is 121 Å². The monoisotopic (exact) mass is 552 g/mol. The summed E-state index contributed by atoms with van der Waals surface area (Å²) >= 11 is 1.64. The third-order valence-electron chi connectivity index (χ3n) is 8.66. The number of ether oxygens (including phenoxy) is 1. The van der Waals surface area contributed by atoms with Crippen LogP contribution in [-0.2, 0) is 14.3 Å². The number of nitrogens with zero attached hydrogens (tertiary/aromatic N) is 4. The van der Waals surface area contributed by atoms with Crippen LogP contribution >= 0.6 is 11.3 Å². The predicted molar refractivity (Wildman–Crippen MR) is 149 cm³/mol. The van der Waals surface area contributed by atoms with Gasteiger partial charge in [0.1, 0.15) is 24.3 Å². The van der Waals surface area contributed by atoms with Crippen LogP contribution in [0, 0.1) is 0 Å². The van der Waals surface area contributed by atoms with E-state index < -0.39 is 23.7 Å². The molecule has 4 fully saturated rings. The summed E-state index contributed by atoms with van der Waals surface area (Å²) in [5.74, 6) is -0.623. The van der Waals surface area contributed by atoms with Crippen molar-refractivity contribution in [2.75, 3.05) is 51.3 Å². The first-order valence-electron chi connectivity index (χ1n) is 13.9. The standard InChI is InChI=1S/C28H36N6O4S/c1-32-11-13-33(14-12-32)27-30-21(17-39-27)18-5-7-19(8-6-18)25(36)31-28(9-3-2-4-10-28)26(37)34-15-20(29)24-23(34)22(35)16-38-24/h5-8,17,20,23-24H,2-4,9-16,29H2,1H3,(H,31,36)/t20-,23-,24-/m1/s1. The minimum Gasteiger partial charge on any atom is -0.366 e.